The zero-order valence-electron chi connectivity index (χ0n) is 23.8. The van der Waals surface area contributed by atoms with Crippen molar-refractivity contribution in [2.45, 2.75) is 63.5 Å². The van der Waals surface area contributed by atoms with E-state index < -0.39 is 17.8 Å². The molecule has 4 N–H and O–H groups in total. The number of carboxylic acids is 2. The lowest BCUT2D eigenvalue weighted by molar-refractivity contribution is -0.134. The Morgan fingerprint density at radius 3 is 2.17 bits per heavy atom. The van der Waals surface area contributed by atoms with Gasteiger partial charge in [0.05, 0.1) is 7.11 Å². The molecule has 0 atom stereocenters. The zero-order valence-corrected chi connectivity index (χ0v) is 23.8. The molecule has 1 aliphatic carbocycles. The normalized spacial score (nSPS) is 16.8. The standard InChI is InChI=1S/C24H36FN7O.C4H4O4/c1-31-14-12-19(13-15-31)32(2)24-29-22(26-17-8-6-4-5-7-9-17)28-23(30-24)27-18-10-11-21(33-3)20(25)16-18;5-3(6)1-2-4(7)8/h10-11,16-17,19H,4-9,12-15H2,1-3H3,(H2,26,27,28,29,30);1-2H,(H,5,6)(H,7,8). The maximum atomic E-state index is 14.2. The lowest BCUT2D eigenvalue weighted by Gasteiger charge is -2.35. The number of halogens is 1. The number of ether oxygens (including phenoxy) is 1. The van der Waals surface area contributed by atoms with E-state index in [-0.39, 0.29) is 5.75 Å². The first-order valence-corrected chi connectivity index (χ1v) is 13.8. The SMILES string of the molecule is COc1ccc(Nc2nc(NC3CCCCCC3)nc(N(C)C3CCN(C)CC3)n2)cc1F.O=C(O)C=CC(=O)O. The summed E-state index contributed by atoms with van der Waals surface area (Å²) in [6.07, 6.45) is 10.5. The highest BCUT2D eigenvalue weighted by Gasteiger charge is 2.24. The van der Waals surface area contributed by atoms with Gasteiger partial charge in [0.25, 0.3) is 0 Å². The van der Waals surface area contributed by atoms with E-state index in [1.165, 1.54) is 38.9 Å². The number of carbonyl (C=O) groups is 2. The van der Waals surface area contributed by atoms with Gasteiger partial charge in [-0.05, 0) is 58.0 Å². The molecule has 2 heterocycles. The Kier molecular flexibility index (Phi) is 12.1. The third-order valence-electron chi connectivity index (χ3n) is 7.14. The summed E-state index contributed by atoms with van der Waals surface area (Å²) in [5, 5.41) is 22.3. The molecule has 0 spiro atoms. The number of nitrogens with one attached hydrogen (secondary N) is 2. The van der Waals surface area contributed by atoms with E-state index in [0.717, 1.165) is 38.8 Å². The molecule has 0 unspecified atom stereocenters. The van der Waals surface area contributed by atoms with Gasteiger partial charge < -0.3 is 35.4 Å². The minimum Gasteiger partial charge on any atom is -0.494 e. The largest absolute Gasteiger partial charge is 0.494 e. The molecule has 1 aromatic heterocycles. The number of hydrogen-bond donors (Lipinski definition) is 4. The fourth-order valence-corrected chi connectivity index (χ4v) is 4.81. The fourth-order valence-electron chi connectivity index (χ4n) is 4.81. The van der Waals surface area contributed by atoms with Gasteiger partial charge in [-0.1, -0.05) is 25.7 Å². The molecule has 1 saturated heterocycles. The third kappa shape index (κ3) is 10.5. The van der Waals surface area contributed by atoms with Gasteiger partial charge >= 0.3 is 11.9 Å². The first kappa shape index (κ1) is 31.5. The molecule has 224 valence electrons. The van der Waals surface area contributed by atoms with Crippen molar-refractivity contribution in [2.75, 3.05) is 49.8 Å². The van der Waals surface area contributed by atoms with Crippen molar-refractivity contribution in [1.29, 1.82) is 0 Å². The number of methoxy groups -OCH3 is 1. The number of piperidine rings is 1. The molecule has 41 heavy (non-hydrogen) atoms. The smallest absolute Gasteiger partial charge is 0.328 e. The maximum absolute atomic E-state index is 14.2. The molecule has 1 saturated carbocycles. The number of benzene rings is 1. The number of nitrogens with zero attached hydrogens (tertiary/aromatic N) is 5. The molecular weight excluding hydrogens is 533 g/mol. The Bertz CT molecular complexity index is 1170. The molecule has 1 aliphatic heterocycles. The van der Waals surface area contributed by atoms with E-state index in [9.17, 15) is 14.0 Å². The molecule has 4 rings (SSSR count). The number of likely N-dealkylation sites (tertiary alicyclic amines) is 1. The van der Waals surface area contributed by atoms with E-state index in [4.69, 9.17) is 24.9 Å². The fraction of sp³-hybridized carbons (Fsp3) is 0.536. The van der Waals surface area contributed by atoms with Crippen molar-refractivity contribution < 1.29 is 28.9 Å². The summed E-state index contributed by atoms with van der Waals surface area (Å²) in [5.41, 5.74) is 0.563. The zero-order chi connectivity index (χ0) is 29.8. The molecule has 1 aromatic carbocycles. The van der Waals surface area contributed by atoms with E-state index in [2.05, 4.69) is 39.5 Å². The molecule has 2 aromatic rings. The van der Waals surface area contributed by atoms with Crippen LogP contribution in [0.1, 0.15) is 51.4 Å². The molecule has 12 nitrogen and oxygen atoms in total. The molecule has 13 heteroatoms. The van der Waals surface area contributed by atoms with Crippen molar-refractivity contribution in [1.82, 2.24) is 19.9 Å². The van der Waals surface area contributed by atoms with Crippen molar-refractivity contribution in [3.63, 3.8) is 0 Å². The van der Waals surface area contributed by atoms with Crippen molar-refractivity contribution in [3.8, 4) is 5.75 Å². The Hall–Kier alpha value is -4.00. The van der Waals surface area contributed by atoms with Crippen LogP contribution in [0.5, 0.6) is 5.75 Å². The Morgan fingerprint density at radius 1 is 1.00 bits per heavy atom. The summed E-state index contributed by atoms with van der Waals surface area (Å²) in [6, 6.07) is 5.48. The van der Waals surface area contributed by atoms with Gasteiger partial charge in [-0.2, -0.15) is 15.0 Å². The van der Waals surface area contributed by atoms with E-state index in [0.29, 0.717) is 47.8 Å². The predicted octanol–water partition coefficient (Wildman–Crippen LogP) is 4.14. The number of rotatable bonds is 9. The second-order valence-corrected chi connectivity index (χ2v) is 10.2. The minimum atomic E-state index is -1.26. The molecule has 2 fully saturated rings. The van der Waals surface area contributed by atoms with Gasteiger partial charge in [-0.25, -0.2) is 14.0 Å². The Morgan fingerprint density at radius 2 is 1.61 bits per heavy atom. The highest BCUT2D eigenvalue weighted by atomic mass is 19.1. The minimum absolute atomic E-state index is 0.203. The van der Waals surface area contributed by atoms with Gasteiger partial charge in [0.1, 0.15) is 0 Å². The van der Waals surface area contributed by atoms with Crippen molar-refractivity contribution >= 4 is 35.5 Å². The summed E-state index contributed by atoms with van der Waals surface area (Å²) in [6.45, 7) is 2.12. The van der Waals surface area contributed by atoms with Gasteiger partial charge in [0.2, 0.25) is 17.8 Å². The quantitative estimate of drug-likeness (QED) is 0.252. The first-order valence-electron chi connectivity index (χ1n) is 13.8. The van der Waals surface area contributed by atoms with Gasteiger partial charge in [0.15, 0.2) is 11.6 Å². The van der Waals surface area contributed by atoms with Crippen LogP contribution in [-0.2, 0) is 9.59 Å². The molecule has 2 aliphatic rings. The summed E-state index contributed by atoms with van der Waals surface area (Å²) < 4.78 is 19.2. The second kappa shape index (κ2) is 15.7. The van der Waals surface area contributed by atoms with Crippen LogP contribution in [0.2, 0.25) is 0 Å². The summed E-state index contributed by atoms with van der Waals surface area (Å²) in [4.78, 5) is 37.7. The average molecular weight is 574 g/mol. The third-order valence-corrected chi connectivity index (χ3v) is 7.14. The summed E-state index contributed by atoms with van der Waals surface area (Å²) >= 11 is 0. The van der Waals surface area contributed by atoms with Gasteiger partial charge in [-0.15, -0.1) is 0 Å². The number of aromatic nitrogens is 3. The first-order chi connectivity index (χ1) is 19.6. The highest BCUT2D eigenvalue weighted by Crippen LogP contribution is 2.26. The van der Waals surface area contributed by atoms with Crippen LogP contribution in [0.25, 0.3) is 0 Å². The summed E-state index contributed by atoms with van der Waals surface area (Å²) in [5.74, 6) is -1.14. The van der Waals surface area contributed by atoms with Crippen molar-refractivity contribution in [3.05, 3.63) is 36.2 Å². The molecule has 0 radical (unpaired) electrons. The molecule has 0 amide bonds. The Labute approximate surface area is 239 Å². The maximum Gasteiger partial charge on any atom is 0.328 e. The van der Waals surface area contributed by atoms with Crippen LogP contribution in [0, 0.1) is 5.82 Å². The van der Waals surface area contributed by atoms with Crippen LogP contribution >= 0.6 is 0 Å². The number of anilines is 4. The molecular formula is C28H40FN7O5. The molecule has 0 bridgehead atoms. The van der Waals surface area contributed by atoms with Crippen LogP contribution < -0.4 is 20.3 Å². The monoisotopic (exact) mass is 573 g/mol. The van der Waals surface area contributed by atoms with E-state index >= 15 is 0 Å². The Balaban J connectivity index is 0.000000507. The average Bonchev–Trinajstić information content (AvgIpc) is 3.21. The van der Waals surface area contributed by atoms with Gasteiger partial charge in [0, 0.05) is 43.0 Å². The van der Waals surface area contributed by atoms with Crippen LogP contribution in [-0.4, -0.2) is 88.4 Å². The number of hydrogen-bond acceptors (Lipinski definition) is 10. The highest BCUT2D eigenvalue weighted by molar-refractivity contribution is 5.89. The summed E-state index contributed by atoms with van der Waals surface area (Å²) in [7, 11) is 5.66. The second-order valence-electron chi connectivity index (χ2n) is 10.2. The number of carboxylic acid groups (broad SMARTS) is 2. The van der Waals surface area contributed by atoms with Crippen LogP contribution in [0.15, 0.2) is 30.4 Å². The van der Waals surface area contributed by atoms with E-state index in [1.807, 2.05) is 0 Å². The van der Waals surface area contributed by atoms with Crippen molar-refractivity contribution in [2.24, 2.45) is 0 Å². The van der Waals surface area contributed by atoms with Crippen LogP contribution in [0.3, 0.4) is 0 Å². The number of aliphatic carboxylic acids is 2. The predicted molar refractivity (Wildman–Crippen MR) is 155 cm³/mol. The van der Waals surface area contributed by atoms with E-state index in [1.54, 1.807) is 12.1 Å². The van der Waals surface area contributed by atoms with Crippen LogP contribution in [0.4, 0.5) is 27.9 Å². The van der Waals surface area contributed by atoms with Gasteiger partial charge in [-0.3, -0.25) is 0 Å². The lowest BCUT2D eigenvalue weighted by Crippen LogP contribution is -2.42. The lowest BCUT2D eigenvalue weighted by atomic mass is 10.0. The topological polar surface area (TPSA) is 153 Å².